The molecule has 0 aliphatic carbocycles. The minimum absolute atomic E-state index is 0.390. The molecule has 0 amide bonds. The molecule has 2 aromatic rings. The van der Waals surface area contributed by atoms with Gasteiger partial charge >= 0.3 is 0 Å². The van der Waals surface area contributed by atoms with Crippen LogP contribution in [0.2, 0.25) is 0 Å². The summed E-state index contributed by atoms with van der Waals surface area (Å²) >= 11 is 0. The van der Waals surface area contributed by atoms with E-state index in [1.165, 1.54) is 23.5 Å². The molecular formula is C17H22NP. The van der Waals surface area contributed by atoms with Gasteiger partial charge in [0.05, 0.1) is 0 Å². The van der Waals surface area contributed by atoms with E-state index in [0.717, 1.165) is 6.54 Å². The second-order valence-electron chi connectivity index (χ2n) is 4.72. The molecule has 2 heteroatoms. The SMILES string of the molecule is CCCCN(C)P(c1ccccc1)c1ccccc1. The van der Waals surface area contributed by atoms with E-state index in [4.69, 9.17) is 0 Å². The molecule has 0 unspecified atom stereocenters. The Hall–Kier alpha value is -1.17. The molecular weight excluding hydrogens is 249 g/mol. The highest BCUT2D eigenvalue weighted by molar-refractivity contribution is 7.70. The highest BCUT2D eigenvalue weighted by Gasteiger charge is 2.18. The Morgan fingerprint density at radius 1 is 0.842 bits per heavy atom. The van der Waals surface area contributed by atoms with E-state index in [0.29, 0.717) is 0 Å². The highest BCUT2D eigenvalue weighted by Crippen LogP contribution is 2.36. The van der Waals surface area contributed by atoms with Crippen LogP contribution < -0.4 is 10.6 Å². The van der Waals surface area contributed by atoms with Gasteiger partial charge in [-0.1, -0.05) is 74.0 Å². The maximum absolute atomic E-state index is 2.52. The molecule has 0 radical (unpaired) electrons. The van der Waals surface area contributed by atoms with Crippen LogP contribution in [-0.2, 0) is 0 Å². The molecule has 0 bridgehead atoms. The minimum atomic E-state index is -0.390. The van der Waals surface area contributed by atoms with Crippen LogP contribution in [0.5, 0.6) is 0 Å². The Morgan fingerprint density at radius 2 is 1.32 bits per heavy atom. The first-order chi connectivity index (χ1) is 9.33. The third-order valence-electron chi connectivity index (χ3n) is 3.18. The summed E-state index contributed by atoms with van der Waals surface area (Å²) in [6.07, 6.45) is 2.51. The van der Waals surface area contributed by atoms with Crippen molar-refractivity contribution in [2.45, 2.75) is 19.8 Å². The van der Waals surface area contributed by atoms with Crippen LogP contribution in [0.4, 0.5) is 0 Å². The van der Waals surface area contributed by atoms with Crippen LogP contribution >= 0.6 is 8.07 Å². The van der Waals surface area contributed by atoms with Crippen LogP contribution in [0, 0.1) is 0 Å². The van der Waals surface area contributed by atoms with Gasteiger partial charge in [-0.3, -0.25) is 4.67 Å². The summed E-state index contributed by atoms with van der Waals surface area (Å²) in [5.41, 5.74) is 0. The van der Waals surface area contributed by atoms with Gasteiger partial charge in [-0.15, -0.1) is 0 Å². The lowest BCUT2D eigenvalue weighted by Crippen LogP contribution is -2.26. The largest absolute Gasteiger partial charge is 0.278 e. The summed E-state index contributed by atoms with van der Waals surface area (Å²) in [6.45, 7) is 3.41. The molecule has 0 aromatic heterocycles. The fraction of sp³-hybridized carbons (Fsp3) is 0.294. The molecule has 0 atom stereocenters. The van der Waals surface area contributed by atoms with Crippen molar-refractivity contribution >= 4 is 18.7 Å². The van der Waals surface area contributed by atoms with Crippen molar-refractivity contribution in [1.29, 1.82) is 0 Å². The average molecular weight is 271 g/mol. The van der Waals surface area contributed by atoms with Gasteiger partial charge in [-0.05, 0) is 24.1 Å². The Bertz CT molecular complexity index is 430. The van der Waals surface area contributed by atoms with Gasteiger partial charge in [0.2, 0.25) is 0 Å². The maximum Gasteiger partial charge on any atom is 0.0278 e. The zero-order valence-electron chi connectivity index (χ0n) is 11.8. The molecule has 0 saturated carbocycles. The van der Waals surface area contributed by atoms with Crippen LogP contribution in [0.15, 0.2) is 60.7 Å². The smallest absolute Gasteiger partial charge is 0.0278 e. The van der Waals surface area contributed by atoms with E-state index < -0.39 is 8.07 Å². The summed E-state index contributed by atoms with van der Waals surface area (Å²) in [7, 11) is 1.86. The van der Waals surface area contributed by atoms with Crippen LogP contribution in [0.3, 0.4) is 0 Å². The fourth-order valence-corrected chi connectivity index (χ4v) is 4.51. The summed E-state index contributed by atoms with van der Waals surface area (Å²) in [6, 6.07) is 21.7. The first kappa shape index (κ1) is 14.2. The van der Waals surface area contributed by atoms with E-state index >= 15 is 0 Å². The third kappa shape index (κ3) is 3.89. The van der Waals surface area contributed by atoms with Gasteiger partial charge in [-0.25, -0.2) is 0 Å². The Balaban J connectivity index is 2.29. The number of hydrogen-bond donors (Lipinski definition) is 0. The number of rotatable bonds is 6. The normalized spacial score (nSPS) is 11.2. The minimum Gasteiger partial charge on any atom is -0.278 e. The van der Waals surface area contributed by atoms with E-state index in [1.54, 1.807) is 0 Å². The molecule has 0 fully saturated rings. The Morgan fingerprint density at radius 3 is 1.74 bits per heavy atom. The lowest BCUT2D eigenvalue weighted by molar-refractivity contribution is 0.528. The molecule has 0 saturated heterocycles. The van der Waals surface area contributed by atoms with E-state index in [9.17, 15) is 0 Å². The predicted octanol–water partition coefficient (Wildman–Crippen LogP) is 3.77. The number of unbranched alkanes of at least 4 members (excludes halogenated alkanes) is 1. The fourth-order valence-electron chi connectivity index (χ4n) is 2.17. The molecule has 100 valence electrons. The van der Waals surface area contributed by atoms with Crippen molar-refractivity contribution < 1.29 is 0 Å². The highest BCUT2D eigenvalue weighted by atomic mass is 31.1. The van der Waals surface area contributed by atoms with Gasteiger partial charge in [0.25, 0.3) is 0 Å². The number of nitrogens with zero attached hydrogens (tertiary/aromatic N) is 1. The van der Waals surface area contributed by atoms with Crippen LogP contribution in [0.1, 0.15) is 19.8 Å². The second kappa shape index (κ2) is 7.43. The number of hydrogen-bond acceptors (Lipinski definition) is 1. The van der Waals surface area contributed by atoms with Crippen molar-refractivity contribution in [2.24, 2.45) is 0 Å². The lowest BCUT2D eigenvalue weighted by atomic mass is 10.3. The Labute approximate surface area is 118 Å². The molecule has 0 aliphatic heterocycles. The van der Waals surface area contributed by atoms with Crippen LogP contribution in [0.25, 0.3) is 0 Å². The molecule has 2 aromatic carbocycles. The molecule has 0 aliphatic rings. The van der Waals surface area contributed by atoms with Crippen molar-refractivity contribution in [1.82, 2.24) is 4.67 Å². The van der Waals surface area contributed by atoms with E-state index in [2.05, 4.69) is 79.3 Å². The summed E-state index contributed by atoms with van der Waals surface area (Å²) in [4.78, 5) is 0. The first-order valence-electron chi connectivity index (χ1n) is 6.94. The van der Waals surface area contributed by atoms with Crippen molar-refractivity contribution in [3.05, 3.63) is 60.7 Å². The van der Waals surface area contributed by atoms with Crippen molar-refractivity contribution in [2.75, 3.05) is 13.6 Å². The van der Waals surface area contributed by atoms with Crippen molar-refractivity contribution in [3.63, 3.8) is 0 Å². The standard InChI is InChI=1S/C17H22NP/c1-3-4-15-18(2)19(16-11-7-5-8-12-16)17-13-9-6-10-14-17/h5-14H,3-4,15H2,1-2H3. The molecule has 2 rings (SSSR count). The monoisotopic (exact) mass is 271 g/mol. The van der Waals surface area contributed by atoms with Crippen LogP contribution in [-0.4, -0.2) is 18.3 Å². The lowest BCUT2D eigenvalue weighted by Gasteiger charge is -2.28. The molecule has 0 heterocycles. The van der Waals surface area contributed by atoms with Gasteiger partial charge in [0.1, 0.15) is 0 Å². The second-order valence-corrected chi connectivity index (χ2v) is 7.06. The summed E-state index contributed by atoms with van der Waals surface area (Å²) < 4.78 is 2.52. The van der Waals surface area contributed by atoms with Gasteiger partial charge in [0.15, 0.2) is 0 Å². The van der Waals surface area contributed by atoms with E-state index in [-0.39, 0.29) is 0 Å². The van der Waals surface area contributed by atoms with E-state index in [1.807, 2.05) is 0 Å². The quantitative estimate of drug-likeness (QED) is 0.723. The van der Waals surface area contributed by atoms with Gasteiger partial charge in [-0.2, -0.15) is 0 Å². The maximum atomic E-state index is 2.52. The summed E-state index contributed by atoms with van der Waals surface area (Å²) in [5, 5.41) is 2.87. The predicted molar refractivity (Wildman–Crippen MR) is 86.6 cm³/mol. The number of benzene rings is 2. The zero-order valence-corrected chi connectivity index (χ0v) is 12.7. The topological polar surface area (TPSA) is 3.24 Å². The first-order valence-corrected chi connectivity index (χ1v) is 8.23. The van der Waals surface area contributed by atoms with Crippen molar-refractivity contribution in [3.8, 4) is 0 Å². The molecule has 0 spiro atoms. The van der Waals surface area contributed by atoms with Gasteiger partial charge < -0.3 is 0 Å². The molecule has 19 heavy (non-hydrogen) atoms. The molecule has 0 N–H and O–H groups in total. The average Bonchev–Trinajstić information content (AvgIpc) is 2.47. The molecule has 1 nitrogen and oxygen atoms in total. The third-order valence-corrected chi connectivity index (χ3v) is 5.64. The zero-order chi connectivity index (χ0) is 13.5. The van der Waals surface area contributed by atoms with Gasteiger partial charge in [0, 0.05) is 14.6 Å². The summed E-state index contributed by atoms with van der Waals surface area (Å²) in [5.74, 6) is 0. The Kier molecular flexibility index (Phi) is 5.57.